The lowest BCUT2D eigenvalue weighted by Gasteiger charge is -2.41. The van der Waals surface area contributed by atoms with Crippen LogP contribution in [0.15, 0.2) is 63.8 Å². The summed E-state index contributed by atoms with van der Waals surface area (Å²) in [5.41, 5.74) is 2.92. The second kappa shape index (κ2) is 11.1. The molecule has 1 heterocycles. The maximum atomic E-state index is 12.7. The van der Waals surface area contributed by atoms with E-state index in [1.54, 1.807) is 0 Å². The summed E-state index contributed by atoms with van der Waals surface area (Å²) in [7, 11) is 0. The third-order valence-electron chi connectivity index (χ3n) is 6.81. The fraction of sp³-hybridized carbons (Fsp3) is 0.516. The lowest BCUT2D eigenvalue weighted by molar-refractivity contribution is -0.0901. The number of benzene rings is 2. The summed E-state index contributed by atoms with van der Waals surface area (Å²) in [6.07, 6.45) is 3.19. The van der Waals surface area contributed by atoms with Gasteiger partial charge in [0.05, 0.1) is 23.9 Å². The van der Waals surface area contributed by atoms with E-state index in [-0.39, 0.29) is 34.8 Å². The number of aliphatic hydroxyl groups excluding tert-OH is 1. The molecule has 0 saturated heterocycles. The predicted octanol–water partition coefficient (Wildman–Crippen LogP) is 7.40. The van der Waals surface area contributed by atoms with E-state index >= 15 is 0 Å². The highest BCUT2D eigenvalue weighted by atomic mass is 16.5. The lowest BCUT2D eigenvalue weighted by Crippen LogP contribution is -2.38. The third kappa shape index (κ3) is 7.28. The Morgan fingerprint density at radius 2 is 1.69 bits per heavy atom. The van der Waals surface area contributed by atoms with Crippen LogP contribution >= 0.6 is 0 Å². The standard InChI is InChI=1S/C31H42O4/c1-8-28(34-22(3)16-21(2)32)31(6,7)20-30(4,5)19-23-14-15-25-18-26(24-12-10-9-11-13-24)29(33)35-27(25)17-23/h9-15,17-18,21-22,28,32H,8,16,19-20H2,1-7H3. The smallest absolute Gasteiger partial charge is 0.344 e. The maximum Gasteiger partial charge on any atom is 0.344 e. The summed E-state index contributed by atoms with van der Waals surface area (Å²) in [4.78, 5) is 12.7. The molecule has 0 radical (unpaired) electrons. The Morgan fingerprint density at radius 1 is 1.00 bits per heavy atom. The van der Waals surface area contributed by atoms with E-state index in [9.17, 15) is 9.90 Å². The van der Waals surface area contributed by atoms with Crippen LogP contribution in [0, 0.1) is 10.8 Å². The summed E-state index contributed by atoms with van der Waals surface area (Å²) in [6, 6.07) is 17.8. The van der Waals surface area contributed by atoms with Gasteiger partial charge >= 0.3 is 5.63 Å². The number of ether oxygens (including phenoxy) is 1. The van der Waals surface area contributed by atoms with Crippen molar-refractivity contribution in [2.24, 2.45) is 10.8 Å². The summed E-state index contributed by atoms with van der Waals surface area (Å²) in [5, 5.41) is 10.6. The van der Waals surface area contributed by atoms with Gasteiger partial charge in [0.15, 0.2) is 0 Å². The van der Waals surface area contributed by atoms with Crippen LogP contribution in [0.1, 0.15) is 73.3 Å². The van der Waals surface area contributed by atoms with Crippen LogP contribution in [0.2, 0.25) is 0 Å². The first-order valence-electron chi connectivity index (χ1n) is 12.9. The molecule has 0 aliphatic rings. The maximum absolute atomic E-state index is 12.7. The summed E-state index contributed by atoms with van der Waals surface area (Å²) in [5.74, 6) is 0. The number of hydrogen-bond acceptors (Lipinski definition) is 4. The van der Waals surface area contributed by atoms with Crippen molar-refractivity contribution in [3.05, 3.63) is 70.6 Å². The Labute approximate surface area is 210 Å². The average Bonchev–Trinajstić information content (AvgIpc) is 2.75. The van der Waals surface area contributed by atoms with Crippen molar-refractivity contribution in [1.29, 1.82) is 0 Å². The molecule has 0 bridgehead atoms. The molecule has 3 atom stereocenters. The molecule has 3 aromatic rings. The first-order chi connectivity index (χ1) is 16.4. The van der Waals surface area contributed by atoms with Crippen molar-refractivity contribution in [2.75, 3.05) is 0 Å². The van der Waals surface area contributed by atoms with Gasteiger partial charge in [-0.15, -0.1) is 0 Å². The van der Waals surface area contributed by atoms with Crippen molar-refractivity contribution in [3.8, 4) is 11.1 Å². The minimum absolute atomic E-state index is 0.0196. The highest BCUT2D eigenvalue weighted by Crippen LogP contribution is 2.41. The first-order valence-corrected chi connectivity index (χ1v) is 12.9. The zero-order valence-electron chi connectivity index (χ0n) is 22.4. The summed E-state index contributed by atoms with van der Waals surface area (Å²) < 4.78 is 12.1. The minimum atomic E-state index is -0.362. The van der Waals surface area contributed by atoms with Crippen molar-refractivity contribution in [3.63, 3.8) is 0 Å². The molecule has 3 rings (SSSR count). The highest BCUT2D eigenvalue weighted by molar-refractivity contribution is 5.82. The molecular weight excluding hydrogens is 436 g/mol. The van der Waals surface area contributed by atoms with Gasteiger partial charge in [-0.2, -0.15) is 0 Å². The molecule has 0 aliphatic carbocycles. The fourth-order valence-electron chi connectivity index (χ4n) is 5.70. The molecule has 0 aliphatic heterocycles. The van der Waals surface area contributed by atoms with E-state index in [0.717, 1.165) is 35.8 Å². The van der Waals surface area contributed by atoms with Crippen LogP contribution in [0.3, 0.4) is 0 Å². The zero-order valence-corrected chi connectivity index (χ0v) is 22.4. The Kier molecular flexibility index (Phi) is 8.61. The Morgan fingerprint density at radius 3 is 2.31 bits per heavy atom. The van der Waals surface area contributed by atoms with Gasteiger partial charge in [-0.1, -0.05) is 77.1 Å². The van der Waals surface area contributed by atoms with E-state index in [2.05, 4.69) is 46.8 Å². The normalized spacial score (nSPS) is 15.2. The van der Waals surface area contributed by atoms with Crippen LogP contribution in [0.5, 0.6) is 0 Å². The van der Waals surface area contributed by atoms with Crippen LogP contribution in [-0.4, -0.2) is 23.4 Å². The van der Waals surface area contributed by atoms with Gasteiger partial charge < -0.3 is 14.3 Å². The zero-order chi connectivity index (χ0) is 25.8. The molecule has 4 nitrogen and oxygen atoms in total. The molecule has 190 valence electrons. The first kappa shape index (κ1) is 27.2. The number of aliphatic hydroxyl groups is 1. The molecule has 0 saturated carbocycles. The number of hydrogen-bond donors (Lipinski definition) is 1. The number of fused-ring (bicyclic) bond motifs is 1. The second-order valence-corrected chi connectivity index (χ2v) is 11.6. The molecule has 1 N–H and O–H groups in total. The van der Waals surface area contributed by atoms with Crippen LogP contribution in [-0.2, 0) is 11.2 Å². The SMILES string of the molecule is CCC(OC(C)CC(C)O)C(C)(C)CC(C)(C)Cc1ccc2cc(-c3ccccc3)c(=O)oc2c1. The van der Waals surface area contributed by atoms with E-state index in [0.29, 0.717) is 17.6 Å². The van der Waals surface area contributed by atoms with Crippen molar-refractivity contribution < 1.29 is 14.3 Å². The van der Waals surface area contributed by atoms with Gasteiger partial charge in [-0.3, -0.25) is 0 Å². The van der Waals surface area contributed by atoms with Gasteiger partial charge in [-0.05, 0) is 73.6 Å². The van der Waals surface area contributed by atoms with Crippen molar-refractivity contribution >= 4 is 11.0 Å². The molecule has 1 aromatic heterocycles. The Bertz CT molecular complexity index is 1160. The molecule has 4 heteroatoms. The fourth-order valence-corrected chi connectivity index (χ4v) is 5.70. The Balaban J connectivity index is 1.77. The molecular formula is C31H42O4. The summed E-state index contributed by atoms with van der Waals surface area (Å²) in [6.45, 7) is 15.2. The number of rotatable bonds is 11. The van der Waals surface area contributed by atoms with Crippen LogP contribution < -0.4 is 5.63 Å². The minimum Gasteiger partial charge on any atom is -0.422 e. The summed E-state index contributed by atoms with van der Waals surface area (Å²) >= 11 is 0. The topological polar surface area (TPSA) is 59.7 Å². The molecule has 3 unspecified atom stereocenters. The van der Waals surface area contributed by atoms with E-state index < -0.39 is 0 Å². The van der Waals surface area contributed by atoms with Crippen LogP contribution in [0.25, 0.3) is 22.1 Å². The third-order valence-corrected chi connectivity index (χ3v) is 6.81. The highest BCUT2D eigenvalue weighted by Gasteiger charge is 2.36. The van der Waals surface area contributed by atoms with E-state index in [1.165, 1.54) is 0 Å². The Hall–Kier alpha value is -2.43. The van der Waals surface area contributed by atoms with Gasteiger partial charge in [0, 0.05) is 5.39 Å². The molecule has 0 fully saturated rings. The quantitative estimate of drug-likeness (QED) is 0.292. The van der Waals surface area contributed by atoms with E-state index in [4.69, 9.17) is 9.15 Å². The van der Waals surface area contributed by atoms with Gasteiger partial charge in [0.2, 0.25) is 0 Å². The lowest BCUT2D eigenvalue weighted by atomic mass is 9.69. The largest absolute Gasteiger partial charge is 0.422 e. The van der Waals surface area contributed by atoms with Crippen LogP contribution in [0.4, 0.5) is 0 Å². The van der Waals surface area contributed by atoms with Gasteiger partial charge in [0.25, 0.3) is 0 Å². The molecule has 0 amide bonds. The monoisotopic (exact) mass is 478 g/mol. The molecule has 2 aromatic carbocycles. The van der Waals surface area contributed by atoms with Crippen molar-refractivity contribution in [1.82, 2.24) is 0 Å². The average molecular weight is 479 g/mol. The molecule has 0 spiro atoms. The second-order valence-electron chi connectivity index (χ2n) is 11.6. The van der Waals surface area contributed by atoms with E-state index in [1.807, 2.05) is 56.3 Å². The van der Waals surface area contributed by atoms with Gasteiger partial charge in [0.1, 0.15) is 5.58 Å². The molecule has 35 heavy (non-hydrogen) atoms. The van der Waals surface area contributed by atoms with Crippen molar-refractivity contribution in [2.45, 2.75) is 92.5 Å². The predicted molar refractivity (Wildman–Crippen MR) is 145 cm³/mol. The van der Waals surface area contributed by atoms with Gasteiger partial charge in [-0.25, -0.2) is 4.79 Å².